The summed E-state index contributed by atoms with van der Waals surface area (Å²) < 4.78 is 38.8. The fourth-order valence-electron chi connectivity index (χ4n) is 5.85. The Hall–Kier alpha value is -2.17. The predicted molar refractivity (Wildman–Crippen MR) is 146 cm³/mol. The Labute approximate surface area is 236 Å². The third kappa shape index (κ3) is 6.77. The molecule has 0 saturated carbocycles. The summed E-state index contributed by atoms with van der Waals surface area (Å²) in [6.07, 6.45) is -3.73. The quantitative estimate of drug-likeness (QED) is 0.441. The van der Waals surface area contributed by atoms with Crippen LogP contribution in [0.3, 0.4) is 0 Å². The second-order valence-electron chi connectivity index (χ2n) is 10.6. The lowest BCUT2D eigenvalue weighted by atomic mass is 9.75. The molecule has 2 amide bonds. The molecule has 2 N–H and O–H groups in total. The highest BCUT2D eigenvalue weighted by Gasteiger charge is 2.45. The van der Waals surface area contributed by atoms with Gasteiger partial charge in [0.25, 0.3) is 0 Å². The average molecular weight is 585 g/mol. The molecule has 2 aromatic rings. The third-order valence-corrected chi connectivity index (χ3v) is 8.80. The van der Waals surface area contributed by atoms with Gasteiger partial charge in [-0.15, -0.1) is 4.90 Å². The highest BCUT2D eigenvalue weighted by molar-refractivity contribution is 6.42. The largest absolute Gasteiger partial charge is 0.401 e. The Balaban J connectivity index is 1.51. The zero-order chi connectivity index (χ0) is 28.4. The minimum Gasteiger partial charge on any atom is -0.346 e. The van der Waals surface area contributed by atoms with Crippen molar-refractivity contribution in [1.82, 2.24) is 20.4 Å². The van der Waals surface area contributed by atoms with E-state index in [1.165, 1.54) is 12.6 Å². The molecule has 4 rings (SSSR count). The SMILES string of the molecule is CN[C@](CCN1CCC2(CC1)NC(=O)Cc1ccccc12)(C[N+](C)C(=O)CC(F)(F)F)c1ccc(Cl)c(Cl)c1. The molecule has 1 spiro atoms. The molecule has 2 heterocycles. The zero-order valence-corrected chi connectivity index (χ0v) is 23.5. The summed E-state index contributed by atoms with van der Waals surface area (Å²) >= 11 is 12.5. The summed E-state index contributed by atoms with van der Waals surface area (Å²) in [7, 11) is 3.11. The minimum absolute atomic E-state index is 0.0115. The van der Waals surface area contributed by atoms with Gasteiger partial charge in [-0.2, -0.15) is 13.2 Å². The number of carbonyl (C=O) groups excluding carboxylic acids is 2. The van der Waals surface area contributed by atoms with Crippen molar-refractivity contribution >= 4 is 35.0 Å². The summed E-state index contributed by atoms with van der Waals surface area (Å²) in [5, 5.41) is 7.21. The van der Waals surface area contributed by atoms with Crippen molar-refractivity contribution in [3.05, 3.63) is 69.2 Å². The monoisotopic (exact) mass is 584 g/mol. The number of rotatable bonds is 8. The van der Waals surface area contributed by atoms with Crippen molar-refractivity contribution < 1.29 is 22.8 Å². The van der Waals surface area contributed by atoms with E-state index in [0.717, 1.165) is 42.0 Å². The van der Waals surface area contributed by atoms with Crippen molar-refractivity contribution in [2.75, 3.05) is 40.3 Å². The first kappa shape index (κ1) is 29.8. The third-order valence-electron chi connectivity index (χ3n) is 8.06. The Kier molecular flexibility index (Phi) is 8.98. The fourth-order valence-corrected chi connectivity index (χ4v) is 6.15. The van der Waals surface area contributed by atoms with Gasteiger partial charge in [-0.05, 0) is 55.1 Å². The van der Waals surface area contributed by atoms with Crippen molar-refractivity contribution in [1.29, 1.82) is 0 Å². The van der Waals surface area contributed by atoms with Crippen molar-refractivity contribution in [2.45, 2.75) is 49.4 Å². The fraction of sp³-hybridized carbons (Fsp3) is 0.500. The molecule has 2 aliphatic heterocycles. The van der Waals surface area contributed by atoms with Crippen LogP contribution in [0.4, 0.5) is 13.2 Å². The first-order chi connectivity index (χ1) is 18.4. The van der Waals surface area contributed by atoms with Gasteiger partial charge >= 0.3 is 12.1 Å². The normalized spacial score (nSPS) is 19.0. The molecule has 1 radical (unpaired) electrons. The summed E-state index contributed by atoms with van der Waals surface area (Å²) in [4.78, 5) is 28.3. The van der Waals surface area contributed by atoms with Crippen LogP contribution in [0.1, 0.15) is 42.4 Å². The van der Waals surface area contributed by atoms with Gasteiger partial charge in [-0.25, -0.2) is 4.79 Å². The molecule has 6 nitrogen and oxygen atoms in total. The molecule has 11 heteroatoms. The van der Waals surface area contributed by atoms with Crippen LogP contribution < -0.4 is 15.5 Å². The Bertz CT molecular complexity index is 1220. The lowest BCUT2D eigenvalue weighted by molar-refractivity contribution is -0.157. The number of likely N-dealkylation sites (tertiary alicyclic amines) is 1. The summed E-state index contributed by atoms with van der Waals surface area (Å²) in [5.41, 5.74) is 1.71. The highest BCUT2D eigenvalue weighted by Crippen LogP contribution is 2.38. The number of benzene rings is 2. The van der Waals surface area contributed by atoms with E-state index in [2.05, 4.69) is 21.6 Å². The van der Waals surface area contributed by atoms with E-state index in [-0.39, 0.29) is 12.5 Å². The second-order valence-corrected chi connectivity index (χ2v) is 11.4. The first-order valence-corrected chi connectivity index (χ1v) is 13.7. The van der Waals surface area contributed by atoms with Crippen molar-refractivity contribution in [2.24, 2.45) is 0 Å². The highest BCUT2D eigenvalue weighted by atomic mass is 35.5. The van der Waals surface area contributed by atoms with Crippen LogP contribution in [0.15, 0.2) is 42.5 Å². The number of piperidine rings is 1. The number of carbonyl (C=O) groups is 2. The molecule has 0 bridgehead atoms. The van der Waals surface area contributed by atoms with Gasteiger partial charge in [-0.3, -0.25) is 4.79 Å². The molecule has 1 fully saturated rings. The van der Waals surface area contributed by atoms with Gasteiger partial charge in [-0.1, -0.05) is 53.5 Å². The van der Waals surface area contributed by atoms with E-state index in [1.807, 2.05) is 18.2 Å². The molecule has 2 aromatic carbocycles. The van der Waals surface area contributed by atoms with Crippen LogP contribution in [0.5, 0.6) is 0 Å². The molecule has 1 atom stereocenters. The number of nitrogens with one attached hydrogen (secondary N) is 2. The number of amides is 2. The smallest absolute Gasteiger partial charge is 0.346 e. The van der Waals surface area contributed by atoms with Crippen LogP contribution in [0.25, 0.3) is 0 Å². The van der Waals surface area contributed by atoms with Gasteiger partial charge < -0.3 is 15.5 Å². The summed E-state index contributed by atoms with van der Waals surface area (Å²) in [5.74, 6) is -0.976. The average Bonchev–Trinajstić information content (AvgIpc) is 2.88. The number of likely N-dealkylation sites (N-methyl/N-ethyl adjacent to an activating group) is 2. The Morgan fingerprint density at radius 3 is 2.46 bits per heavy atom. The molecule has 2 aliphatic rings. The van der Waals surface area contributed by atoms with Gasteiger partial charge in [0.1, 0.15) is 7.05 Å². The van der Waals surface area contributed by atoms with E-state index < -0.39 is 29.6 Å². The molecule has 0 aromatic heterocycles. The molecule has 211 valence electrons. The molecule has 39 heavy (non-hydrogen) atoms. The molecule has 0 unspecified atom stereocenters. The van der Waals surface area contributed by atoms with Crippen LogP contribution in [-0.2, 0) is 27.1 Å². The van der Waals surface area contributed by atoms with Gasteiger partial charge in [0.15, 0.2) is 13.0 Å². The van der Waals surface area contributed by atoms with E-state index in [0.29, 0.717) is 29.4 Å². The topological polar surface area (TPSA) is 67.3 Å². The second kappa shape index (κ2) is 11.7. The number of alkyl halides is 3. The maximum atomic E-state index is 12.9. The van der Waals surface area contributed by atoms with Crippen LogP contribution >= 0.6 is 23.2 Å². The number of halogens is 5. The number of fused-ring (bicyclic) bond motifs is 2. The van der Waals surface area contributed by atoms with E-state index in [9.17, 15) is 22.8 Å². The van der Waals surface area contributed by atoms with E-state index in [4.69, 9.17) is 23.2 Å². The molecule has 1 saturated heterocycles. The van der Waals surface area contributed by atoms with Crippen LogP contribution in [-0.4, -0.2) is 63.2 Å². The number of hydrogen-bond donors (Lipinski definition) is 2. The summed E-state index contributed by atoms with van der Waals surface area (Å²) in [6.45, 7) is 2.10. The predicted octanol–water partition coefficient (Wildman–Crippen LogP) is 4.71. The van der Waals surface area contributed by atoms with E-state index in [1.54, 1.807) is 25.2 Å². The zero-order valence-electron chi connectivity index (χ0n) is 22.0. The standard InChI is InChI=1S/C28H33Cl2F3N4O2/c1-34-27(20-7-8-22(29)23(30)16-20,18-36(2)25(39)17-28(31,32)33)11-14-37-12-9-26(10-13-37)21-6-4-3-5-19(21)15-24(38)35-26/h3-8,16,34H,9-15,17-18H2,1-2H3,(H,35,38)/q+1/t27-/m1/s1. The lowest BCUT2D eigenvalue weighted by Crippen LogP contribution is -2.57. The Morgan fingerprint density at radius 1 is 1.13 bits per heavy atom. The van der Waals surface area contributed by atoms with Crippen LogP contribution in [0, 0.1) is 0 Å². The van der Waals surface area contributed by atoms with Crippen molar-refractivity contribution in [3.8, 4) is 0 Å². The molecular weight excluding hydrogens is 552 g/mol. The Morgan fingerprint density at radius 2 is 1.82 bits per heavy atom. The van der Waals surface area contributed by atoms with Crippen LogP contribution in [0.2, 0.25) is 10.0 Å². The number of nitrogens with zero attached hydrogens (tertiary/aromatic N) is 2. The van der Waals surface area contributed by atoms with E-state index >= 15 is 0 Å². The molecular formula is C28H33Cl2F3N4O2+. The van der Waals surface area contributed by atoms with Crippen molar-refractivity contribution in [3.63, 3.8) is 0 Å². The maximum absolute atomic E-state index is 12.9. The summed E-state index contributed by atoms with van der Waals surface area (Å²) in [6, 6.07) is 13.2. The van der Waals surface area contributed by atoms with Gasteiger partial charge in [0.05, 0.1) is 27.5 Å². The van der Waals surface area contributed by atoms with Gasteiger partial charge in [0.2, 0.25) is 5.91 Å². The lowest BCUT2D eigenvalue weighted by Gasteiger charge is -2.46. The minimum atomic E-state index is -4.59. The number of hydrogen-bond acceptors (Lipinski definition) is 4. The first-order valence-electron chi connectivity index (χ1n) is 12.9. The molecule has 0 aliphatic carbocycles. The van der Waals surface area contributed by atoms with Gasteiger partial charge in [0, 0.05) is 19.6 Å². The maximum Gasteiger partial charge on any atom is 0.401 e.